The van der Waals surface area contributed by atoms with Gasteiger partial charge in [-0.15, -0.1) is 11.8 Å². The molecule has 1 atom stereocenters. The van der Waals surface area contributed by atoms with E-state index in [0.29, 0.717) is 0 Å². The molecule has 2 aromatic rings. The zero-order valence-electron chi connectivity index (χ0n) is 9.14. The Kier molecular flexibility index (Phi) is 2.14. The van der Waals surface area contributed by atoms with Gasteiger partial charge in [0.15, 0.2) is 11.3 Å². The summed E-state index contributed by atoms with van der Waals surface area (Å²) < 4.78 is 1.95. The van der Waals surface area contributed by atoms with Crippen molar-refractivity contribution in [2.75, 3.05) is 11.6 Å². The molecule has 16 heavy (non-hydrogen) atoms. The zero-order chi connectivity index (χ0) is 11.1. The van der Waals surface area contributed by atoms with E-state index in [4.69, 9.17) is 0 Å². The molecule has 5 heteroatoms. The van der Waals surface area contributed by atoms with Crippen molar-refractivity contribution in [1.29, 1.82) is 0 Å². The number of hydrogen-bond acceptors (Lipinski definition) is 4. The molecule has 1 aromatic carbocycles. The quantitative estimate of drug-likeness (QED) is 0.820. The van der Waals surface area contributed by atoms with E-state index in [1.807, 2.05) is 23.7 Å². The highest BCUT2D eigenvalue weighted by Gasteiger charge is 2.25. The first-order chi connectivity index (χ1) is 7.79. The SMILES string of the molecule is CSC1Nc2ccccc2-c2nc(C)nn21. The minimum Gasteiger partial charge on any atom is -0.355 e. The summed E-state index contributed by atoms with van der Waals surface area (Å²) in [4.78, 5) is 4.49. The highest BCUT2D eigenvalue weighted by atomic mass is 32.2. The van der Waals surface area contributed by atoms with E-state index >= 15 is 0 Å². The molecule has 1 unspecified atom stereocenters. The molecule has 0 radical (unpaired) electrons. The average molecular weight is 232 g/mol. The first kappa shape index (κ1) is 9.72. The summed E-state index contributed by atoms with van der Waals surface area (Å²) in [6.45, 7) is 1.92. The Morgan fingerprint density at radius 1 is 1.38 bits per heavy atom. The number of thioether (sulfide) groups is 1. The maximum atomic E-state index is 4.49. The van der Waals surface area contributed by atoms with Gasteiger partial charge in [0.05, 0.1) is 0 Å². The first-order valence-electron chi connectivity index (χ1n) is 5.11. The standard InChI is InChI=1S/C11H12N4S/c1-7-12-10-8-5-3-4-6-9(8)13-11(16-2)15(10)14-7/h3-6,11,13H,1-2H3. The summed E-state index contributed by atoms with van der Waals surface area (Å²) in [7, 11) is 0. The van der Waals surface area contributed by atoms with Crippen molar-refractivity contribution in [3.8, 4) is 11.4 Å². The molecule has 0 spiro atoms. The van der Waals surface area contributed by atoms with Gasteiger partial charge in [0, 0.05) is 11.3 Å². The molecule has 82 valence electrons. The summed E-state index contributed by atoms with van der Waals surface area (Å²) in [5, 5.41) is 7.86. The van der Waals surface area contributed by atoms with Gasteiger partial charge in [-0.25, -0.2) is 9.67 Å². The van der Waals surface area contributed by atoms with Crippen LogP contribution in [-0.4, -0.2) is 21.0 Å². The van der Waals surface area contributed by atoms with Gasteiger partial charge in [0.2, 0.25) is 0 Å². The number of para-hydroxylation sites is 1. The van der Waals surface area contributed by atoms with Crippen LogP contribution in [0.1, 0.15) is 11.3 Å². The van der Waals surface area contributed by atoms with Gasteiger partial charge in [0.1, 0.15) is 5.82 Å². The predicted molar refractivity (Wildman–Crippen MR) is 66.4 cm³/mol. The van der Waals surface area contributed by atoms with Crippen LogP contribution < -0.4 is 5.32 Å². The van der Waals surface area contributed by atoms with Gasteiger partial charge in [-0.05, 0) is 25.3 Å². The molecule has 0 bridgehead atoms. The Morgan fingerprint density at radius 3 is 3.00 bits per heavy atom. The highest BCUT2D eigenvalue weighted by molar-refractivity contribution is 7.98. The zero-order valence-corrected chi connectivity index (χ0v) is 9.95. The molecule has 4 nitrogen and oxygen atoms in total. The third-order valence-corrected chi connectivity index (χ3v) is 3.39. The summed E-state index contributed by atoms with van der Waals surface area (Å²) in [6, 6.07) is 8.20. The number of benzene rings is 1. The number of fused-ring (bicyclic) bond motifs is 3. The maximum absolute atomic E-state index is 4.49. The van der Waals surface area contributed by atoms with Gasteiger partial charge in [-0.1, -0.05) is 12.1 Å². The fourth-order valence-corrected chi connectivity index (χ4v) is 2.53. The molecule has 0 amide bonds. The van der Waals surface area contributed by atoms with E-state index in [9.17, 15) is 0 Å². The fourth-order valence-electron chi connectivity index (χ4n) is 1.93. The van der Waals surface area contributed by atoms with Crippen LogP contribution in [0.5, 0.6) is 0 Å². The van der Waals surface area contributed by atoms with Crippen LogP contribution in [0.3, 0.4) is 0 Å². The van der Waals surface area contributed by atoms with E-state index in [2.05, 4.69) is 33.8 Å². The Hall–Kier alpha value is -1.49. The molecule has 0 saturated carbocycles. The van der Waals surface area contributed by atoms with E-state index in [1.54, 1.807) is 11.8 Å². The van der Waals surface area contributed by atoms with Crippen LogP contribution in [0.2, 0.25) is 0 Å². The predicted octanol–water partition coefficient (Wildman–Crippen LogP) is 2.50. The number of nitrogens with one attached hydrogen (secondary N) is 1. The summed E-state index contributed by atoms with van der Waals surface area (Å²) in [5.74, 6) is 1.76. The summed E-state index contributed by atoms with van der Waals surface area (Å²) >= 11 is 1.71. The second-order valence-electron chi connectivity index (χ2n) is 3.71. The topological polar surface area (TPSA) is 42.7 Å². The molecule has 1 N–H and O–H groups in total. The number of nitrogens with zero attached hydrogens (tertiary/aromatic N) is 3. The Labute approximate surface area is 98.1 Å². The minimum atomic E-state index is 0.131. The fraction of sp³-hybridized carbons (Fsp3) is 0.273. The first-order valence-corrected chi connectivity index (χ1v) is 6.40. The molecule has 0 saturated heterocycles. The number of aromatic nitrogens is 3. The van der Waals surface area contributed by atoms with Crippen molar-refractivity contribution in [2.45, 2.75) is 12.4 Å². The number of aryl methyl sites for hydroxylation is 1. The Morgan fingerprint density at radius 2 is 2.19 bits per heavy atom. The summed E-state index contributed by atoms with van der Waals surface area (Å²) in [5.41, 5.74) is 2.38. The van der Waals surface area contributed by atoms with Crippen LogP contribution in [0.4, 0.5) is 5.69 Å². The monoisotopic (exact) mass is 232 g/mol. The van der Waals surface area contributed by atoms with Crippen LogP contribution >= 0.6 is 11.8 Å². The van der Waals surface area contributed by atoms with E-state index < -0.39 is 0 Å². The number of hydrogen-bond donors (Lipinski definition) is 1. The van der Waals surface area contributed by atoms with E-state index in [0.717, 1.165) is 22.9 Å². The van der Waals surface area contributed by atoms with Gasteiger partial charge in [0.25, 0.3) is 0 Å². The molecule has 2 heterocycles. The third-order valence-electron chi connectivity index (χ3n) is 2.63. The van der Waals surface area contributed by atoms with Crippen LogP contribution in [0.25, 0.3) is 11.4 Å². The molecular weight excluding hydrogens is 220 g/mol. The number of anilines is 1. The molecule has 1 aliphatic heterocycles. The van der Waals surface area contributed by atoms with Crippen molar-refractivity contribution in [3.63, 3.8) is 0 Å². The minimum absolute atomic E-state index is 0.131. The molecule has 3 rings (SSSR count). The lowest BCUT2D eigenvalue weighted by molar-refractivity contribution is 0.646. The van der Waals surface area contributed by atoms with Crippen molar-refractivity contribution >= 4 is 17.4 Å². The lowest BCUT2D eigenvalue weighted by Crippen LogP contribution is -2.21. The molecule has 0 aliphatic carbocycles. The summed E-state index contributed by atoms with van der Waals surface area (Å²) in [6.07, 6.45) is 2.06. The Bertz CT molecular complexity index is 535. The van der Waals surface area contributed by atoms with Gasteiger partial charge >= 0.3 is 0 Å². The lowest BCUT2D eigenvalue weighted by atomic mass is 10.1. The van der Waals surface area contributed by atoms with Crippen LogP contribution in [0, 0.1) is 6.92 Å². The van der Waals surface area contributed by atoms with Crippen molar-refractivity contribution < 1.29 is 0 Å². The normalized spacial score (nSPS) is 17.5. The van der Waals surface area contributed by atoms with Gasteiger partial charge < -0.3 is 5.32 Å². The third kappa shape index (κ3) is 1.31. The second kappa shape index (κ2) is 3.52. The largest absolute Gasteiger partial charge is 0.355 e. The van der Waals surface area contributed by atoms with Crippen LogP contribution in [0.15, 0.2) is 24.3 Å². The molecule has 1 aromatic heterocycles. The lowest BCUT2D eigenvalue weighted by Gasteiger charge is -2.26. The van der Waals surface area contributed by atoms with E-state index in [1.165, 1.54) is 0 Å². The van der Waals surface area contributed by atoms with Crippen molar-refractivity contribution in [2.24, 2.45) is 0 Å². The Balaban J connectivity index is 2.24. The van der Waals surface area contributed by atoms with Gasteiger partial charge in [-0.3, -0.25) is 0 Å². The molecule has 0 fully saturated rings. The van der Waals surface area contributed by atoms with E-state index in [-0.39, 0.29) is 5.50 Å². The maximum Gasteiger partial charge on any atom is 0.170 e. The molecule has 1 aliphatic rings. The van der Waals surface area contributed by atoms with Gasteiger partial charge in [-0.2, -0.15) is 5.10 Å². The molecular formula is C11H12N4S. The average Bonchev–Trinajstić information content (AvgIpc) is 2.69. The van der Waals surface area contributed by atoms with Crippen molar-refractivity contribution in [1.82, 2.24) is 14.8 Å². The second-order valence-corrected chi connectivity index (χ2v) is 4.62. The van der Waals surface area contributed by atoms with Crippen LogP contribution in [-0.2, 0) is 0 Å². The highest BCUT2D eigenvalue weighted by Crippen LogP contribution is 2.37. The number of rotatable bonds is 1. The van der Waals surface area contributed by atoms with Crippen molar-refractivity contribution in [3.05, 3.63) is 30.1 Å². The smallest absolute Gasteiger partial charge is 0.170 e.